The topological polar surface area (TPSA) is 24.9 Å². The quantitative estimate of drug-likeness (QED) is 0.413. The van der Waals surface area contributed by atoms with Crippen molar-refractivity contribution in [3.63, 3.8) is 0 Å². The summed E-state index contributed by atoms with van der Waals surface area (Å²) in [7, 11) is 1.90. The fraction of sp³-hybridized carbons (Fsp3) is 0.207. The van der Waals surface area contributed by atoms with E-state index in [0.29, 0.717) is 0 Å². The van der Waals surface area contributed by atoms with Crippen molar-refractivity contribution in [1.29, 1.82) is 0 Å². The Labute approximate surface area is 188 Å². The molecule has 2 heteroatoms. The number of anilines is 1. The van der Waals surface area contributed by atoms with Crippen LogP contribution in [0, 0.1) is 13.8 Å². The second-order valence-corrected chi connectivity index (χ2v) is 7.24. The molecule has 0 atom stereocenters. The Bertz CT molecular complexity index is 1090. The third kappa shape index (κ3) is 5.21. The van der Waals surface area contributed by atoms with Crippen LogP contribution >= 0.6 is 0 Å². The molecule has 3 aromatic rings. The summed E-state index contributed by atoms with van der Waals surface area (Å²) in [5.41, 5.74) is 10.0. The lowest BCUT2D eigenvalue weighted by molar-refractivity contribution is 1.26. The SMILES string of the molecule is C=C/C=C\c1c(C)ccc(-c2cc(C(=C)C)c(NC)nc2-c2ccccc2)c1C.CC. The Morgan fingerprint density at radius 3 is 2.26 bits per heavy atom. The Morgan fingerprint density at radius 2 is 1.68 bits per heavy atom. The molecular formula is C29H34N2. The van der Waals surface area contributed by atoms with Crippen molar-refractivity contribution in [1.82, 2.24) is 4.98 Å². The second kappa shape index (κ2) is 11.1. The van der Waals surface area contributed by atoms with Gasteiger partial charge in [-0.1, -0.05) is 87.7 Å². The summed E-state index contributed by atoms with van der Waals surface area (Å²) in [6.07, 6.45) is 5.92. The molecule has 31 heavy (non-hydrogen) atoms. The Morgan fingerprint density at radius 1 is 1.00 bits per heavy atom. The van der Waals surface area contributed by atoms with Gasteiger partial charge in [-0.05, 0) is 54.7 Å². The third-order valence-corrected chi connectivity index (χ3v) is 5.19. The van der Waals surface area contributed by atoms with E-state index in [9.17, 15) is 0 Å². The molecule has 0 bridgehead atoms. The minimum Gasteiger partial charge on any atom is -0.373 e. The van der Waals surface area contributed by atoms with E-state index in [1.807, 2.05) is 58.2 Å². The summed E-state index contributed by atoms with van der Waals surface area (Å²) >= 11 is 0. The Kier molecular flexibility index (Phi) is 8.57. The summed E-state index contributed by atoms with van der Waals surface area (Å²) in [5.74, 6) is 0.844. The number of benzene rings is 2. The first-order chi connectivity index (χ1) is 15.0. The Hall–Kier alpha value is -3.39. The smallest absolute Gasteiger partial charge is 0.134 e. The van der Waals surface area contributed by atoms with Crippen LogP contribution < -0.4 is 5.32 Å². The second-order valence-electron chi connectivity index (χ2n) is 7.24. The number of hydrogen-bond donors (Lipinski definition) is 1. The maximum absolute atomic E-state index is 5.01. The van der Waals surface area contributed by atoms with Crippen LogP contribution in [0.25, 0.3) is 34.0 Å². The zero-order valence-electron chi connectivity index (χ0n) is 19.7. The molecule has 0 spiro atoms. The number of allylic oxidation sites excluding steroid dienone is 3. The predicted molar refractivity (Wildman–Crippen MR) is 139 cm³/mol. The van der Waals surface area contributed by atoms with Gasteiger partial charge in [0.1, 0.15) is 5.82 Å². The summed E-state index contributed by atoms with van der Waals surface area (Å²) in [5, 5.41) is 3.23. The molecule has 0 unspecified atom stereocenters. The fourth-order valence-corrected chi connectivity index (χ4v) is 3.63. The van der Waals surface area contributed by atoms with E-state index >= 15 is 0 Å². The number of rotatable bonds is 6. The highest BCUT2D eigenvalue weighted by molar-refractivity contribution is 5.89. The van der Waals surface area contributed by atoms with Crippen LogP contribution in [0.15, 0.2) is 73.8 Å². The average molecular weight is 411 g/mol. The van der Waals surface area contributed by atoms with E-state index in [1.165, 1.54) is 22.3 Å². The van der Waals surface area contributed by atoms with Gasteiger partial charge in [-0.25, -0.2) is 4.98 Å². The van der Waals surface area contributed by atoms with Crippen molar-refractivity contribution in [3.8, 4) is 22.4 Å². The van der Waals surface area contributed by atoms with Gasteiger partial charge in [-0.2, -0.15) is 0 Å². The minimum atomic E-state index is 0.844. The van der Waals surface area contributed by atoms with E-state index in [0.717, 1.165) is 33.8 Å². The zero-order chi connectivity index (χ0) is 23.0. The van der Waals surface area contributed by atoms with Gasteiger partial charge in [-0.3, -0.25) is 0 Å². The molecule has 1 aromatic heterocycles. The highest BCUT2D eigenvalue weighted by Crippen LogP contribution is 2.38. The maximum Gasteiger partial charge on any atom is 0.134 e. The standard InChI is InChI=1S/C27H28N2.C2H6/c1-7-8-14-22-19(4)15-16-23(20(22)5)25-17-24(18(2)3)27(28-6)29-26(25)21-12-10-9-11-13-21;1-2/h7-17H,1-2H2,3-6H3,(H,28,29);1-2H3/b14-8-;. The number of nitrogens with zero attached hydrogens (tertiary/aromatic N) is 1. The molecule has 3 rings (SSSR count). The Balaban J connectivity index is 0.00000166. The first kappa shape index (κ1) is 23.9. The zero-order valence-corrected chi connectivity index (χ0v) is 19.7. The number of aryl methyl sites for hydroxylation is 1. The van der Waals surface area contributed by atoms with Crippen molar-refractivity contribution in [2.45, 2.75) is 34.6 Å². The van der Waals surface area contributed by atoms with Crippen LogP contribution in [0.2, 0.25) is 0 Å². The van der Waals surface area contributed by atoms with Crippen molar-refractivity contribution in [2.24, 2.45) is 0 Å². The molecule has 0 aliphatic rings. The molecular weight excluding hydrogens is 376 g/mol. The van der Waals surface area contributed by atoms with E-state index in [-0.39, 0.29) is 0 Å². The number of hydrogen-bond acceptors (Lipinski definition) is 2. The van der Waals surface area contributed by atoms with Crippen LogP contribution in [0.5, 0.6) is 0 Å². The molecule has 0 saturated heterocycles. The van der Waals surface area contributed by atoms with E-state index in [2.05, 4.69) is 68.7 Å². The van der Waals surface area contributed by atoms with Gasteiger partial charge in [0.05, 0.1) is 5.69 Å². The monoisotopic (exact) mass is 410 g/mol. The van der Waals surface area contributed by atoms with Crippen molar-refractivity contribution in [3.05, 3.63) is 96.1 Å². The van der Waals surface area contributed by atoms with E-state index in [1.54, 1.807) is 0 Å². The van der Waals surface area contributed by atoms with Gasteiger partial charge in [0.2, 0.25) is 0 Å². The lowest BCUT2D eigenvalue weighted by Crippen LogP contribution is -2.02. The molecule has 0 fully saturated rings. The number of aromatic nitrogens is 1. The minimum absolute atomic E-state index is 0.844. The molecule has 2 nitrogen and oxygen atoms in total. The van der Waals surface area contributed by atoms with Gasteiger partial charge in [0.15, 0.2) is 0 Å². The van der Waals surface area contributed by atoms with E-state index in [4.69, 9.17) is 4.98 Å². The normalized spacial score (nSPS) is 10.4. The van der Waals surface area contributed by atoms with Crippen LogP contribution in [0.4, 0.5) is 5.82 Å². The summed E-state index contributed by atoms with van der Waals surface area (Å²) in [6, 6.07) is 16.9. The van der Waals surface area contributed by atoms with Crippen molar-refractivity contribution >= 4 is 17.5 Å². The van der Waals surface area contributed by atoms with Gasteiger partial charge in [0, 0.05) is 23.7 Å². The largest absolute Gasteiger partial charge is 0.373 e. The summed E-state index contributed by atoms with van der Waals surface area (Å²) < 4.78 is 0. The van der Waals surface area contributed by atoms with Crippen LogP contribution in [0.3, 0.4) is 0 Å². The number of nitrogens with one attached hydrogen (secondary N) is 1. The number of pyridine rings is 1. The highest BCUT2D eigenvalue weighted by atomic mass is 15.0. The lowest BCUT2D eigenvalue weighted by Gasteiger charge is -2.19. The van der Waals surface area contributed by atoms with Gasteiger partial charge < -0.3 is 5.32 Å². The maximum atomic E-state index is 5.01. The molecule has 1 N–H and O–H groups in total. The molecule has 1 heterocycles. The van der Waals surface area contributed by atoms with Crippen LogP contribution in [0.1, 0.15) is 43.0 Å². The highest BCUT2D eigenvalue weighted by Gasteiger charge is 2.17. The molecule has 0 amide bonds. The van der Waals surface area contributed by atoms with Crippen LogP contribution in [-0.2, 0) is 0 Å². The molecule has 2 aromatic carbocycles. The summed E-state index contributed by atoms with van der Waals surface area (Å²) in [4.78, 5) is 5.01. The molecule has 160 valence electrons. The molecule has 0 aliphatic heterocycles. The van der Waals surface area contributed by atoms with Crippen molar-refractivity contribution < 1.29 is 0 Å². The lowest BCUT2D eigenvalue weighted by atomic mass is 9.89. The molecule has 0 saturated carbocycles. The van der Waals surface area contributed by atoms with Gasteiger partial charge in [-0.15, -0.1) is 0 Å². The fourth-order valence-electron chi connectivity index (χ4n) is 3.63. The van der Waals surface area contributed by atoms with Gasteiger partial charge in [0.25, 0.3) is 0 Å². The van der Waals surface area contributed by atoms with E-state index < -0.39 is 0 Å². The van der Waals surface area contributed by atoms with Crippen molar-refractivity contribution in [2.75, 3.05) is 12.4 Å². The first-order valence-corrected chi connectivity index (χ1v) is 10.8. The molecule has 0 aliphatic carbocycles. The van der Waals surface area contributed by atoms with Gasteiger partial charge >= 0.3 is 0 Å². The first-order valence-electron chi connectivity index (χ1n) is 10.8. The average Bonchev–Trinajstić information content (AvgIpc) is 2.80. The van der Waals surface area contributed by atoms with Crippen LogP contribution in [-0.4, -0.2) is 12.0 Å². The predicted octanol–water partition coefficient (Wildman–Crippen LogP) is 8.33. The summed E-state index contributed by atoms with van der Waals surface area (Å²) in [6.45, 7) is 18.3. The third-order valence-electron chi connectivity index (χ3n) is 5.19. The molecule has 0 radical (unpaired) electrons.